The van der Waals surface area contributed by atoms with Gasteiger partial charge >= 0.3 is 12.0 Å². The lowest BCUT2D eigenvalue weighted by Crippen LogP contribution is -2.54. The maximum Gasteiger partial charge on any atom is 0.326 e. The van der Waals surface area contributed by atoms with E-state index >= 15 is 0 Å². The Kier molecular flexibility index (Phi) is 6.11. The van der Waals surface area contributed by atoms with Gasteiger partial charge in [-0.3, -0.25) is 19.3 Å². The fraction of sp³-hybridized carbons (Fsp3) is 0.800. The standard InChI is InChI=1S/C20H33N3O5/c1-7-19(5,6)21-14(24)11-28-15(25)10-23-16(26)20(22-17(23)27)9-13(2)8-18(3,4)12-20/h13H,7-12H2,1-6H3,(H,21,24)(H,22,27)/t13-,20-/m1/s1. The Morgan fingerprint density at radius 2 is 1.93 bits per heavy atom. The predicted octanol–water partition coefficient (Wildman–Crippen LogP) is 1.97. The van der Waals surface area contributed by atoms with Crippen LogP contribution in [0.5, 0.6) is 0 Å². The maximum absolute atomic E-state index is 13.0. The molecule has 158 valence electrons. The molecular weight excluding hydrogens is 362 g/mol. The Morgan fingerprint density at radius 3 is 2.50 bits per heavy atom. The van der Waals surface area contributed by atoms with E-state index in [4.69, 9.17) is 4.74 Å². The van der Waals surface area contributed by atoms with Crippen LogP contribution in [0.3, 0.4) is 0 Å². The highest BCUT2D eigenvalue weighted by molar-refractivity contribution is 6.08. The van der Waals surface area contributed by atoms with Crippen LogP contribution in [0, 0.1) is 11.3 Å². The number of hydrogen-bond acceptors (Lipinski definition) is 5. The van der Waals surface area contributed by atoms with E-state index in [-0.39, 0.29) is 17.2 Å². The van der Waals surface area contributed by atoms with Gasteiger partial charge in [-0.25, -0.2) is 4.79 Å². The minimum absolute atomic E-state index is 0.0820. The van der Waals surface area contributed by atoms with Gasteiger partial charge in [0.05, 0.1) is 0 Å². The van der Waals surface area contributed by atoms with Crippen molar-refractivity contribution in [2.24, 2.45) is 11.3 Å². The topological polar surface area (TPSA) is 105 Å². The van der Waals surface area contributed by atoms with Crippen LogP contribution in [0.15, 0.2) is 0 Å². The number of imide groups is 1. The first kappa shape index (κ1) is 22.2. The molecule has 0 radical (unpaired) electrons. The van der Waals surface area contributed by atoms with Crippen molar-refractivity contribution in [2.45, 2.75) is 78.3 Å². The summed E-state index contributed by atoms with van der Waals surface area (Å²) in [6.45, 7) is 11.0. The third-order valence-electron chi connectivity index (χ3n) is 5.64. The number of hydrogen-bond donors (Lipinski definition) is 2. The Morgan fingerprint density at radius 1 is 1.29 bits per heavy atom. The van der Waals surface area contributed by atoms with Gasteiger partial charge in [-0.1, -0.05) is 27.7 Å². The molecule has 2 aliphatic rings. The highest BCUT2D eigenvalue weighted by atomic mass is 16.5. The van der Waals surface area contributed by atoms with Gasteiger partial charge in [-0.05, 0) is 50.9 Å². The second-order valence-electron chi connectivity index (χ2n) is 9.70. The van der Waals surface area contributed by atoms with E-state index in [0.29, 0.717) is 12.8 Å². The zero-order chi connectivity index (χ0) is 21.3. The second-order valence-corrected chi connectivity index (χ2v) is 9.70. The van der Waals surface area contributed by atoms with Crippen molar-refractivity contribution < 1.29 is 23.9 Å². The van der Waals surface area contributed by atoms with Crippen molar-refractivity contribution in [3.05, 3.63) is 0 Å². The van der Waals surface area contributed by atoms with Gasteiger partial charge in [0.25, 0.3) is 11.8 Å². The van der Waals surface area contributed by atoms with E-state index in [1.807, 2.05) is 20.8 Å². The highest BCUT2D eigenvalue weighted by Crippen LogP contribution is 2.46. The molecule has 1 saturated heterocycles. The summed E-state index contributed by atoms with van der Waals surface area (Å²) in [6, 6.07) is -0.580. The van der Waals surface area contributed by atoms with E-state index < -0.39 is 42.1 Å². The molecule has 28 heavy (non-hydrogen) atoms. The van der Waals surface area contributed by atoms with Gasteiger partial charge in [0.2, 0.25) is 0 Å². The van der Waals surface area contributed by atoms with E-state index in [9.17, 15) is 19.2 Å². The van der Waals surface area contributed by atoms with Gasteiger partial charge in [0.15, 0.2) is 6.61 Å². The molecular formula is C20H33N3O5. The summed E-state index contributed by atoms with van der Waals surface area (Å²) in [7, 11) is 0. The van der Waals surface area contributed by atoms with Crippen LogP contribution in [0.1, 0.15) is 67.2 Å². The van der Waals surface area contributed by atoms with Crippen molar-refractivity contribution in [3.63, 3.8) is 0 Å². The molecule has 1 aliphatic heterocycles. The zero-order valence-corrected chi connectivity index (χ0v) is 17.8. The van der Waals surface area contributed by atoms with E-state index in [1.165, 1.54) is 0 Å². The zero-order valence-electron chi connectivity index (χ0n) is 17.8. The Balaban J connectivity index is 1.95. The predicted molar refractivity (Wildman–Crippen MR) is 103 cm³/mol. The smallest absolute Gasteiger partial charge is 0.326 e. The number of esters is 1. The van der Waals surface area contributed by atoms with Crippen LogP contribution >= 0.6 is 0 Å². The summed E-state index contributed by atoms with van der Waals surface area (Å²) in [6.07, 6.45) is 2.80. The first-order valence-corrected chi connectivity index (χ1v) is 9.90. The lowest BCUT2D eigenvalue weighted by Gasteiger charge is -2.43. The van der Waals surface area contributed by atoms with E-state index in [1.54, 1.807) is 0 Å². The average Bonchev–Trinajstić information content (AvgIpc) is 2.74. The Bertz CT molecular complexity index is 673. The van der Waals surface area contributed by atoms with Crippen LogP contribution in [0.4, 0.5) is 4.79 Å². The molecule has 0 aromatic rings. The minimum Gasteiger partial charge on any atom is -0.454 e. The molecule has 4 amide bonds. The van der Waals surface area contributed by atoms with Gasteiger partial charge in [-0.15, -0.1) is 0 Å². The molecule has 0 aromatic carbocycles. The number of amides is 4. The number of urea groups is 1. The Hall–Kier alpha value is -2.12. The van der Waals surface area contributed by atoms with Gasteiger partial charge < -0.3 is 15.4 Å². The molecule has 0 unspecified atom stereocenters. The molecule has 2 atom stereocenters. The quantitative estimate of drug-likeness (QED) is 0.528. The lowest BCUT2D eigenvalue weighted by molar-refractivity contribution is -0.151. The molecule has 0 bridgehead atoms. The molecule has 0 aromatic heterocycles. The maximum atomic E-state index is 13.0. The second kappa shape index (κ2) is 7.72. The van der Waals surface area contributed by atoms with E-state index in [2.05, 4.69) is 31.4 Å². The van der Waals surface area contributed by atoms with Crippen LogP contribution in [-0.4, -0.2) is 52.9 Å². The summed E-state index contributed by atoms with van der Waals surface area (Å²) in [4.78, 5) is 50.3. The molecule has 8 heteroatoms. The molecule has 1 aliphatic carbocycles. The SMILES string of the molecule is CCC(C)(C)NC(=O)COC(=O)CN1C(=O)N[C@@]2(C[C@H](C)CC(C)(C)C2)C1=O. The summed E-state index contributed by atoms with van der Waals surface area (Å²) in [5, 5.41) is 5.57. The lowest BCUT2D eigenvalue weighted by atomic mass is 9.64. The van der Waals surface area contributed by atoms with Crippen LogP contribution < -0.4 is 10.6 Å². The van der Waals surface area contributed by atoms with Crippen LogP contribution in [-0.2, 0) is 19.1 Å². The summed E-state index contributed by atoms with van der Waals surface area (Å²) in [5.74, 6) is -1.30. The molecule has 1 spiro atoms. The summed E-state index contributed by atoms with van der Waals surface area (Å²) < 4.78 is 4.97. The number of nitrogens with one attached hydrogen (secondary N) is 2. The summed E-state index contributed by atoms with van der Waals surface area (Å²) in [5.41, 5.74) is -1.44. The molecule has 1 saturated carbocycles. The fourth-order valence-corrected chi connectivity index (χ4v) is 4.47. The normalized spacial score (nSPS) is 26.9. The van der Waals surface area contributed by atoms with Crippen molar-refractivity contribution >= 4 is 23.8 Å². The first-order valence-electron chi connectivity index (χ1n) is 9.90. The molecule has 1 heterocycles. The van der Waals surface area contributed by atoms with Crippen molar-refractivity contribution in [3.8, 4) is 0 Å². The average molecular weight is 396 g/mol. The Labute approximate surface area is 166 Å². The third-order valence-corrected chi connectivity index (χ3v) is 5.64. The molecule has 8 nitrogen and oxygen atoms in total. The largest absolute Gasteiger partial charge is 0.454 e. The third kappa shape index (κ3) is 5.02. The van der Waals surface area contributed by atoms with Crippen molar-refractivity contribution in [1.82, 2.24) is 15.5 Å². The molecule has 2 N–H and O–H groups in total. The van der Waals surface area contributed by atoms with Crippen molar-refractivity contribution in [2.75, 3.05) is 13.2 Å². The van der Waals surface area contributed by atoms with Gasteiger partial charge in [0.1, 0.15) is 12.1 Å². The monoisotopic (exact) mass is 395 g/mol. The van der Waals surface area contributed by atoms with Gasteiger partial charge in [0, 0.05) is 5.54 Å². The van der Waals surface area contributed by atoms with Crippen LogP contribution in [0.2, 0.25) is 0 Å². The van der Waals surface area contributed by atoms with Crippen LogP contribution in [0.25, 0.3) is 0 Å². The van der Waals surface area contributed by atoms with Crippen molar-refractivity contribution in [1.29, 1.82) is 0 Å². The molecule has 2 fully saturated rings. The number of rotatable bonds is 6. The highest BCUT2D eigenvalue weighted by Gasteiger charge is 2.56. The number of nitrogens with zero attached hydrogens (tertiary/aromatic N) is 1. The summed E-state index contributed by atoms with van der Waals surface area (Å²) >= 11 is 0. The van der Waals surface area contributed by atoms with Gasteiger partial charge in [-0.2, -0.15) is 0 Å². The molecule has 2 rings (SSSR count). The first-order chi connectivity index (χ1) is 12.8. The minimum atomic E-state index is -0.957. The van der Waals surface area contributed by atoms with E-state index in [0.717, 1.165) is 17.7 Å². The number of carbonyl (C=O) groups excluding carboxylic acids is 4. The fourth-order valence-electron chi connectivity index (χ4n) is 4.47. The number of ether oxygens (including phenoxy) is 1. The number of carbonyl (C=O) groups is 4.